The van der Waals surface area contributed by atoms with E-state index >= 15 is 0 Å². The van der Waals surface area contributed by atoms with E-state index in [0.29, 0.717) is 0 Å². The van der Waals surface area contributed by atoms with Crippen LogP contribution in [0.3, 0.4) is 0 Å². The van der Waals surface area contributed by atoms with E-state index in [4.69, 9.17) is 0 Å². The summed E-state index contributed by atoms with van der Waals surface area (Å²) < 4.78 is 0. The van der Waals surface area contributed by atoms with Gasteiger partial charge in [-0.3, -0.25) is 4.79 Å². The summed E-state index contributed by atoms with van der Waals surface area (Å²) in [5.41, 5.74) is 1.71. The minimum atomic E-state index is -0.0196. The van der Waals surface area contributed by atoms with Crippen LogP contribution in [0.2, 0.25) is 0 Å². The molecular formula is C17H17NO. The molecule has 19 heavy (non-hydrogen) atoms. The van der Waals surface area contributed by atoms with Gasteiger partial charge >= 0.3 is 0 Å². The second-order valence-corrected chi connectivity index (χ2v) is 5.34. The number of hydrogen-bond donors (Lipinski definition) is 0. The molecule has 2 aromatic carbocycles. The summed E-state index contributed by atoms with van der Waals surface area (Å²) >= 11 is 0. The lowest BCUT2D eigenvalue weighted by Crippen LogP contribution is -2.40. The molecule has 0 aliphatic heterocycles. The molecule has 0 unspecified atom stereocenters. The van der Waals surface area contributed by atoms with Crippen molar-refractivity contribution in [3.05, 3.63) is 66.2 Å². The minimum absolute atomic E-state index is 0.0196. The quantitative estimate of drug-likeness (QED) is 0.810. The Hall–Kier alpha value is -2.09. The van der Waals surface area contributed by atoms with E-state index in [1.807, 2.05) is 65.6 Å². The molecule has 0 atom stereocenters. The van der Waals surface area contributed by atoms with Crippen molar-refractivity contribution in [1.29, 1.82) is 0 Å². The first-order valence-electron chi connectivity index (χ1n) is 6.65. The molecule has 3 rings (SSSR count). The molecule has 0 heterocycles. The fraction of sp³-hybridized carbons (Fsp3) is 0.235. The highest BCUT2D eigenvalue weighted by molar-refractivity contribution is 6.07. The lowest BCUT2D eigenvalue weighted by Gasteiger charge is -2.29. The zero-order chi connectivity index (χ0) is 13.3. The van der Waals surface area contributed by atoms with Gasteiger partial charge < -0.3 is 4.90 Å². The van der Waals surface area contributed by atoms with Gasteiger partial charge in [0, 0.05) is 16.8 Å². The van der Waals surface area contributed by atoms with Crippen LogP contribution in [0.15, 0.2) is 60.7 Å². The zero-order valence-corrected chi connectivity index (χ0v) is 11.0. The molecule has 2 nitrogen and oxygen atoms in total. The van der Waals surface area contributed by atoms with E-state index in [1.54, 1.807) is 0 Å². The van der Waals surface area contributed by atoms with Crippen molar-refractivity contribution in [3.8, 4) is 0 Å². The van der Waals surface area contributed by atoms with Crippen molar-refractivity contribution in [1.82, 2.24) is 0 Å². The van der Waals surface area contributed by atoms with Crippen molar-refractivity contribution in [2.45, 2.75) is 25.3 Å². The average molecular weight is 251 g/mol. The Morgan fingerprint density at radius 1 is 0.947 bits per heavy atom. The third-order valence-corrected chi connectivity index (χ3v) is 3.75. The van der Waals surface area contributed by atoms with Crippen molar-refractivity contribution in [3.63, 3.8) is 0 Å². The zero-order valence-electron chi connectivity index (χ0n) is 11.0. The molecule has 1 amide bonds. The summed E-state index contributed by atoms with van der Waals surface area (Å²) in [6.07, 6.45) is 2.14. The summed E-state index contributed by atoms with van der Waals surface area (Å²) in [4.78, 5) is 14.7. The van der Waals surface area contributed by atoms with Crippen molar-refractivity contribution in [2.24, 2.45) is 0 Å². The summed E-state index contributed by atoms with van der Waals surface area (Å²) in [5.74, 6) is 0.0896. The molecule has 1 aliphatic carbocycles. The predicted molar refractivity (Wildman–Crippen MR) is 77.3 cm³/mol. The van der Waals surface area contributed by atoms with Gasteiger partial charge in [-0.2, -0.15) is 0 Å². The molecule has 2 aromatic rings. The fourth-order valence-corrected chi connectivity index (χ4v) is 2.37. The third-order valence-electron chi connectivity index (χ3n) is 3.75. The van der Waals surface area contributed by atoms with Gasteiger partial charge in [0.15, 0.2) is 0 Å². The fourth-order valence-electron chi connectivity index (χ4n) is 2.37. The highest BCUT2D eigenvalue weighted by Crippen LogP contribution is 2.44. The molecule has 0 N–H and O–H groups in total. The molecule has 0 aromatic heterocycles. The summed E-state index contributed by atoms with van der Waals surface area (Å²) in [7, 11) is 0. The number of nitrogens with zero attached hydrogens (tertiary/aromatic N) is 1. The first kappa shape index (κ1) is 12.0. The van der Waals surface area contributed by atoms with Crippen LogP contribution in [0.5, 0.6) is 0 Å². The van der Waals surface area contributed by atoms with Crippen molar-refractivity contribution < 1.29 is 4.79 Å². The highest BCUT2D eigenvalue weighted by Gasteiger charge is 2.46. The Morgan fingerprint density at radius 3 is 2.00 bits per heavy atom. The molecule has 96 valence electrons. The van der Waals surface area contributed by atoms with Gasteiger partial charge in [-0.15, -0.1) is 0 Å². The molecule has 1 fully saturated rings. The Labute approximate surface area is 113 Å². The lowest BCUT2D eigenvalue weighted by atomic mass is 10.1. The van der Waals surface area contributed by atoms with Gasteiger partial charge in [0.05, 0.1) is 0 Å². The van der Waals surface area contributed by atoms with Crippen LogP contribution in [-0.2, 0) is 0 Å². The molecule has 1 saturated carbocycles. The van der Waals surface area contributed by atoms with E-state index < -0.39 is 0 Å². The molecule has 0 saturated heterocycles. The smallest absolute Gasteiger partial charge is 0.258 e. The predicted octanol–water partition coefficient (Wildman–Crippen LogP) is 3.89. The van der Waals surface area contributed by atoms with Crippen LogP contribution >= 0.6 is 0 Å². The van der Waals surface area contributed by atoms with Gasteiger partial charge in [0.25, 0.3) is 5.91 Å². The van der Waals surface area contributed by atoms with Crippen LogP contribution in [0.25, 0.3) is 0 Å². The first-order chi connectivity index (χ1) is 9.21. The van der Waals surface area contributed by atoms with Crippen LogP contribution < -0.4 is 4.90 Å². The third kappa shape index (κ3) is 2.26. The van der Waals surface area contributed by atoms with Crippen LogP contribution in [-0.4, -0.2) is 11.4 Å². The number of anilines is 1. The van der Waals surface area contributed by atoms with E-state index in [0.717, 1.165) is 24.1 Å². The largest absolute Gasteiger partial charge is 0.303 e. The van der Waals surface area contributed by atoms with Crippen LogP contribution in [0, 0.1) is 0 Å². The number of carbonyl (C=O) groups excluding carboxylic acids is 1. The average Bonchev–Trinajstić information content (AvgIpc) is 3.19. The van der Waals surface area contributed by atoms with Crippen LogP contribution in [0.4, 0.5) is 5.69 Å². The number of hydrogen-bond acceptors (Lipinski definition) is 1. The first-order valence-corrected chi connectivity index (χ1v) is 6.65. The summed E-state index contributed by atoms with van der Waals surface area (Å²) in [6, 6.07) is 19.4. The van der Waals surface area contributed by atoms with Crippen molar-refractivity contribution in [2.75, 3.05) is 4.90 Å². The highest BCUT2D eigenvalue weighted by atomic mass is 16.2. The summed E-state index contributed by atoms with van der Waals surface area (Å²) in [5, 5.41) is 0. The number of para-hydroxylation sites is 1. The SMILES string of the molecule is CC1(N(C(=O)c2ccccc2)c2ccccc2)CC1. The standard InChI is InChI=1S/C17H17NO/c1-17(12-13-17)18(15-10-6-3-7-11-15)16(19)14-8-4-2-5-9-14/h2-11H,12-13H2,1H3. The molecule has 1 aliphatic rings. The monoisotopic (exact) mass is 251 g/mol. The van der Waals surface area contributed by atoms with Gasteiger partial charge in [-0.05, 0) is 44.0 Å². The van der Waals surface area contributed by atoms with E-state index in [2.05, 4.69) is 6.92 Å². The van der Waals surface area contributed by atoms with E-state index in [1.165, 1.54) is 0 Å². The van der Waals surface area contributed by atoms with Gasteiger partial charge in [-0.1, -0.05) is 36.4 Å². The van der Waals surface area contributed by atoms with Gasteiger partial charge in [-0.25, -0.2) is 0 Å². The lowest BCUT2D eigenvalue weighted by molar-refractivity contribution is 0.0975. The Bertz CT molecular complexity index is 573. The molecule has 0 bridgehead atoms. The second kappa shape index (κ2) is 4.54. The number of carbonyl (C=O) groups is 1. The Kier molecular flexibility index (Phi) is 2.86. The maximum Gasteiger partial charge on any atom is 0.258 e. The van der Waals surface area contributed by atoms with Gasteiger partial charge in [0.1, 0.15) is 0 Å². The molecule has 2 heteroatoms. The molecule has 0 spiro atoms. The van der Waals surface area contributed by atoms with Crippen molar-refractivity contribution >= 4 is 11.6 Å². The Balaban J connectivity index is 2.00. The normalized spacial score (nSPS) is 15.8. The maximum absolute atomic E-state index is 12.8. The second-order valence-electron chi connectivity index (χ2n) is 5.34. The van der Waals surface area contributed by atoms with Gasteiger partial charge in [0.2, 0.25) is 0 Å². The molecule has 0 radical (unpaired) electrons. The van der Waals surface area contributed by atoms with Crippen LogP contribution in [0.1, 0.15) is 30.1 Å². The molecular weight excluding hydrogens is 234 g/mol. The number of rotatable bonds is 3. The number of amides is 1. The number of benzene rings is 2. The minimum Gasteiger partial charge on any atom is -0.303 e. The summed E-state index contributed by atoms with van der Waals surface area (Å²) in [6.45, 7) is 2.15. The maximum atomic E-state index is 12.8. The van der Waals surface area contributed by atoms with E-state index in [9.17, 15) is 4.79 Å². The van der Waals surface area contributed by atoms with E-state index in [-0.39, 0.29) is 11.4 Å². The Morgan fingerprint density at radius 2 is 1.47 bits per heavy atom. The topological polar surface area (TPSA) is 20.3 Å².